The van der Waals surface area contributed by atoms with Crippen LogP contribution in [0.1, 0.15) is 5.69 Å². The summed E-state index contributed by atoms with van der Waals surface area (Å²) in [6.45, 7) is -0.0319. The summed E-state index contributed by atoms with van der Waals surface area (Å²) in [7, 11) is 0. The van der Waals surface area contributed by atoms with Crippen LogP contribution < -0.4 is 0 Å². The summed E-state index contributed by atoms with van der Waals surface area (Å²) >= 11 is 3.28. The zero-order valence-corrected chi connectivity index (χ0v) is 8.32. The third-order valence-electron chi connectivity index (χ3n) is 1.79. The molecule has 0 saturated heterocycles. The number of nitrogens with zero attached hydrogens (tertiary/aromatic N) is 2. The van der Waals surface area contributed by atoms with Crippen molar-refractivity contribution in [2.45, 2.75) is 6.61 Å². The summed E-state index contributed by atoms with van der Waals surface area (Å²) in [4.78, 5) is 8.13. The van der Waals surface area contributed by atoms with Crippen LogP contribution in [-0.2, 0) is 6.61 Å². The van der Waals surface area contributed by atoms with E-state index in [4.69, 9.17) is 5.11 Å². The topological polar surface area (TPSA) is 46.0 Å². The lowest BCUT2D eigenvalue weighted by atomic mass is 10.2. The molecule has 0 aliphatic heterocycles. The highest BCUT2D eigenvalue weighted by atomic mass is 79.9. The fourth-order valence-electron chi connectivity index (χ4n) is 1.14. The van der Waals surface area contributed by atoms with Crippen LogP contribution in [0.25, 0.3) is 10.8 Å². The van der Waals surface area contributed by atoms with Gasteiger partial charge in [0.25, 0.3) is 0 Å². The van der Waals surface area contributed by atoms with E-state index in [1.54, 1.807) is 12.4 Å². The molecule has 0 amide bonds. The highest BCUT2D eigenvalue weighted by Crippen LogP contribution is 2.16. The van der Waals surface area contributed by atoms with Crippen molar-refractivity contribution in [1.29, 1.82) is 0 Å². The molecule has 0 aliphatic rings. The molecular formula is C9H7BrN2O. The van der Waals surface area contributed by atoms with E-state index >= 15 is 0 Å². The standard InChI is InChI=1S/C9H7BrN2O/c10-9-2-6-1-8(5-13)11-3-7(6)4-12-9/h1-4,13H,5H2. The molecule has 2 heterocycles. The Bertz CT molecular complexity index is 445. The minimum absolute atomic E-state index is 0.0319. The molecule has 4 heteroatoms. The number of aliphatic hydroxyl groups is 1. The second kappa shape index (κ2) is 3.40. The lowest BCUT2D eigenvalue weighted by Crippen LogP contribution is -1.88. The number of aromatic nitrogens is 2. The van der Waals surface area contributed by atoms with Gasteiger partial charge in [0.15, 0.2) is 0 Å². The van der Waals surface area contributed by atoms with E-state index in [9.17, 15) is 0 Å². The Morgan fingerprint density at radius 3 is 2.69 bits per heavy atom. The molecule has 0 aromatic carbocycles. The van der Waals surface area contributed by atoms with Gasteiger partial charge in [-0.05, 0) is 33.4 Å². The maximum Gasteiger partial charge on any atom is 0.106 e. The van der Waals surface area contributed by atoms with E-state index in [1.807, 2.05) is 12.1 Å². The van der Waals surface area contributed by atoms with E-state index in [0.29, 0.717) is 5.69 Å². The maximum absolute atomic E-state index is 8.88. The number of rotatable bonds is 1. The van der Waals surface area contributed by atoms with Gasteiger partial charge in [-0.25, -0.2) is 4.98 Å². The Morgan fingerprint density at radius 2 is 1.92 bits per heavy atom. The summed E-state index contributed by atoms with van der Waals surface area (Å²) in [6.07, 6.45) is 3.45. The van der Waals surface area contributed by atoms with Gasteiger partial charge in [-0.15, -0.1) is 0 Å². The highest BCUT2D eigenvalue weighted by Gasteiger charge is 1.98. The molecule has 66 valence electrons. The molecule has 0 aliphatic carbocycles. The average molecular weight is 239 g/mol. The molecule has 13 heavy (non-hydrogen) atoms. The number of halogens is 1. The van der Waals surface area contributed by atoms with Gasteiger partial charge in [0.05, 0.1) is 12.3 Å². The van der Waals surface area contributed by atoms with Crippen molar-refractivity contribution in [3.05, 3.63) is 34.8 Å². The van der Waals surface area contributed by atoms with Crippen molar-refractivity contribution >= 4 is 26.7 Å². The van der Waals surface area contributed by atoms with Crippen LogP contribution in [0.2, 0.25) is 0 Å². The van der Waals surface area contributed by atoms with Gasteiger partial charge in [-0.1, -0.05) is 0 Å². The fraction of sp³-hybridized carbons (Fsp3) is 0.111. The summed E-state index contributed by atoms with van der Waals surface area (Å²) in [6, 6.07) is 3.75. The van der Waals surface area contributed by atoms with Gasteiger partial charge >= 0.3 is 0 Å². The number of aliphatic hydroxyl groups excluding tert-OH is 1. The first-order chi connectivity index (χ1) is 6.29. The molecule has 0 atom stereocenters. The molecular weight excluding hydrogens is 232 g/mol. The van der Waals surface area contributed by atoms with Gasteiger partial charge in [0.2, 0.25) is 0 Å². The van der Waals surface area contributed by atoms with Crippen LogP contribution >= 0.6 is 15.9 Å². The number of hydrogen-bond acceptors (Lipinski definition) is 3. The maximum atomic E-state index is 8.88. The molecule has 2 aromatic rings. The van der Waals surface area contributed by atoms with Crippen LogP contribution in [0.5, 0.6) is 0 Å². The zero-order valence-electron chi connectivity index (χ0n) is 6.74. The van der Waals surface area contributed by atoms with Crippen molar-refractivity contribution in [2.24, 2.45) is 0 Å². The van der Waals surface area contributed by atoms with Crippen LogP contribution in [0.15, 0.2) is 29.1 Å². The molecule has 1 N–H and O–H groups in total. The molecule has 3 nitrogen and oxygen atoms in total. The first-order valence-corrected chi connectivity index (χ1v) is 4.60. The smallest absolute Gasteiger partial charge is 0.106 e. The van der Waals surface area contributed by atoms with Gasteiger partial charge in [-0.2, -0.15) is 0 Å². The van der Waals surface area contributed by atoms with Crippen LogP contribution in [0.3, 0.4) is 0 Å². The summed E-state index contributed by atoms with van der Waals surface area (Å²) < 4.78 is 0.787. The Hall–Kier alpha value is -1.00. The van der Waals surface area contributed by atoms with E-state index in [1.165, 1.54) is 0 Å². The third kappa shape index (κ3) is 1.68. The number of pyridine rings is 2. The van der Waals surface area contributed by atoms with Crippen molar-refractivity contribution in [3.8, 4) is 0 Å². The summed E-state index contributed by atoms with van der Waals surface area (Å²) in [5.41, 5.74) is 0.672. The van der Waals surface area contributed by atoms with Gasteiger partial charge in [0, 0.05) is 17.8 Å². The zero-order chi connectivity index (χ0) is 9.26. The largest absolute Gasteiger partial charge is 0.390 e. The minimum atomic E-state index is -0.0319. The third-order valence-corrected chi connectivity index (χ3v) is 2.22. The molecule has 0 unspecified atom stereocenters. The van der Waals surface area contributed by atoms with Gasteiger partial charge < -0.3 is 5.11 Å². The first-order valence-electron chi connectivity index (χ1n) is 3.80. The van der Waals surface area contributed by atoms with Crippen LogP contribution in [0, 0.1) is 0 Å². The predicted octanol–water partition coefficient (Wildman–Crippen LogP) is 1.88. The summed E-state index contributed by atoms with van der Waals surface area (Å²) in [5.74, 6) is 0. The number of fused-ring (bicyclic) bond motifs is 1. The van der Waals surface area contributed by atoms with Crippen LogP contribution in [-0.4, -0.2) is 15.1 Å². The molecule has 0 bridgehead atoms. The monoisotopic (exact) mass is 238 g/mol. The minimum Gasteiger partial charge on any atom is -0.390 e. The van der Waals surface area contributed by atoms with E-state index < -0.39 is 0 Å². The van der Waals surface area contributed by atoms with Gasteiger partial charge in [-0.3, -0.25) is 4.98 Å². The number of hydrogen-bond donors (Lipinski definition) is 1. The highest BCUT2D eigenvalue weighted by molar-refractivity contribution is 9.10. The second-order valence-electron chi connectivity index (χ2n) is 2.69. The van der Waals surface area contributed by atoms with Crippen molar-refractivity contribution in [2.75, 3.05) is 0 Å². The molecule has 0 fully saturated rings. The van der Waals surface area contributed by atoms with Crippen molar-refractivity contribution < 1.29 is 5.11 Å². The van der Waals surface area contributed by atoms with E-state index in [2.05, 4.69) is 25.9 Å². The Labute approximate surface area is 83.6 Å². The van der Waals surface area contributed by atoms with E-state index in [0.717, 1.165) is 15.4 Å². The van der Waals surface area contributed by atoms with Gasteiger partial charge in [0.1, 0.15) is 4.60 Å². The quantitative estimate of drug-likeness (QED) is 0.773. The molecule has 0 spiro atoms. The van der Waals surface area contributed by atoms with Crippen molar-refractivity contribution in [3.63, 3.8) is 0 Å². The van der Waals surface area contributed by atoms with Crippen LogP contribution in [0.4, 0.5) is 0 Å². The Kier molecular flexibility index (Phi) is 2.24. The molecule has 0 saturated carbocycles. The SMILES string of the molecule is OCc1cc2cc(Br)ncc2cn1. The average Bonchev–Trinajstić information content (AvgIpc) is 2.16. The molecule has 2 rings (SSSR count). The Balaban J connectivity index is 2.68. The molecule has 0 radical (unpaired) electrons. The first kappa shape index (κ1) is 8.59. The normalized spacial score (nSPS) is 10.6. The summed E-state index contributed by atoms with van der Waals surface area (Å²) in [5, 5.41) is 10.9. The predicted molar refractivity (Wildman–Crippen MR) is 53.2 cm³/mol. The van der Waals surface area contributed by atoms with E-state index in [-0.39, 0.29) is 6.61 Å². The Morgan fingerprint density at radius 1 is 1.15 bits per heavy atom. The second-order valence-corrected chi connectivity index (χ2v) is 3.50. The lowest BCUT2D eigenvalue weighted by Gasteiger charge is -1.99. The molecule has 2 aromatic heterocycles. The lowest BCUT2D eigenvalue weighted by molar-refractivity contribution is 0.277. The fourth-order valence-corrected chi connectivity index (χ4v) is 1.49. The van der Waals surface area contributed by atoms with Crippen molar-refractivity contribution in [1.82, 2.24) is 9.97 Å².